The lowest BCUT2D eigenvalue weighted by Crippen LogP contribution is -2.23. The number of aromatic nitrogens is 2. The van der Waals surface area contributed by atoms with E-state index in [9.17, 15) is 4.79 Å². The molecule has 0 unspecified atom stereocenters. The van der Waals surface area contributed by atoms with Crippen molar-refractivity contribution in [3.05, 3.63) is 59.7 Å². The predicted molar refractivity (Wildman–Crippen MR) is 106 cm³/mol. The van der Waals surface area contributed by atoms with Gasteiger partial charge in [0.25, 0.3) is 0 Å². The Bertz CT molecular complexity index is 1050. The molecule has 0 radical (unpaired) electrons. The fourth-order valence-corrected chi connectivity index (χ4v) is 3.50. The molecule has 1 aliphatic rings. The fourth-order valence-electron chi connectivity index (χ4n) is 3.50. The van der Waals surface area contributed by atoms with Gasteiger partial charge < -0.3 is 14.8 Å². The SMILES string of the molecule is C#CCOc1ccc([C@H]2CC(=O)Nc3n[nH]c(-c4ccccc4)c32)cc1OC. The van der Waals surface area contributed by atoms with Gasteiger partial charge in [0.2, 0.25) is 5.91 Å². The molecule has 0 saturated carbocycles. The van der Waals surface area contributed by atoms with Gasteiger partial charge in [-0.15, -0.1) is 6.42 Å². The molecule has 6 nitrogen and oxygen atoms in total. The summed E-state index contributed by atoms with van der Waals surface area (Å²) in [6.07, 6.45) is 5.59. The highest BCUT2D eigenvalue weighted by molar-refractivity contribution is 5.96. The molecule has 2 N–H and O–H groups in total. The fraction of sp³-hybridized carbons (Fsp3) is 0.182. The maximum Gasteiger partial charge on any atom is 0.226 e. The van der Waals surface area contributed by atoms with Gasteiger partial charge in [0.05, 0.1) is 12.8 Å². The van der Waals surface area contributed by atoms with Crippen LogP contribution in [0.5, 0.6) is 11.5 Å². The Kier molecular flexibility index (Phi) is 4.73. The summed E-state index contributed by atoms with van der Waals surface area (Å²) in [6, 6.07) is 15.6. The van der Waals surface area contributed by atoms with Crippen LogP contribution in [-0.2, 0) is 4.79 Å². The highest BCUT2D eigenvalue weighted by Gasteiger charge is 2.32. The zero-order valence-corrected chi connectivity index (χ0v) is 15.4. The van der Waals surface area contributed by atoms with Crippen LogP contribution in [-0.4, -0.2) is 29.8 Å². The van der Waals surface area contributed by atoms with Crippen molar-refractivity contribution < 1.29 is 14.3 Å². The number of anilines is 1. The molecule has 2 heterocycles. The van der Waals surface area contributed by atoms with Gasteiger partial charge >= 0.3 is 0 Å². The number of ether oxygens (including phenoxy) is 2. The number of nitrogens with one attached hydrogen (secondary N) is 2. The van der Waals surface area contributed by atoms with Crippen LogP contribution in [0.2, 0.25) is 0 Å². The van der Waals surface area contributed by atoms with E-state index in [1.54, 1.807) is 7.11 Å². The van der Waals surface area contributed by atoms with Gasteiger partial charge in [-0.2, -0.15) is 5.10 Å². The molecule has 2 aromatic carbocycles. The van der Waals surface area contributed by atoms with Crippen molar-refractivity contribution in [3.8, 4) is 35.1 Å². The number of H-pyrrole nitrogens is 1. The number of benzene rings is 2. The van der Waals surface area contributed by atoms with Crippen LogP contribution >= 0.6 is 0 Å². The van der Waals surface area contributed by atoms with E-state index >= 15 is 0 Å². The summed E-state index contributed by atoms with van der Waals surface area (Å²) in [7, 11) is 1.58. The number of nitrogens with zero attached hydrogens (tertiary/aromatic N) is 1. The lowest BCUT2D eigenvalue weighted by Gasteiger charge is -2.24. The molecule has 0 saturated heterocycles. The van der Waals surface area contributed by atoms with E-state index in [2.05, 4.69) is 21.4 Å². The molecule has 1 aromatic heterocycles. The van der Waals surface area contributed by atoms with Gasteiger partial charge in [-0.25, -0.2) is 0 Å². The molecule has 0 fully saturated rings. The third-order valence-electron chi connectivity index (χ3n) is 4.76. The third kappa shape index (κ3) is 3.19. The number of rotatable bonds is 5. The van der Waals surface area contributed by atoms with E-state index in [-0.39, 0.29) is 18.4 Å². The number of hydrogen-bond acceptors (Lipinski definition) is 4. The summed E-state index contributed by atoms with van der Waals surface area (Å²) in [4.78, 5) is 12.3. The quantitative estimate of drug-likeness (QED) is 0.671. The van der Waals surface area contributed by atoms with Crippen molar-refractivity contribution >= 4 is 11.7 Å². The Morgan fingerprint density at radius 2 is 2.04 bits per heavy atom. The van der Waals surface area contributed by atoms with E-state index in [0.717, 1.165) is 22.4 Å². The molecule has 0 spiro atoms. The zero-order chi connectivity index (χ0) is 19.5. The van der Waals surface area contributed by atoms with Gasteiger partial charge in [0, 0.05) is 17.9 Å². The number of carbonyl (C=O) groups is 1. The summed E-state index contributed by atoms with van der Waals surface area (Å²) >= 11 is 0. The van der Waals surface area contributed by atoms with Crippen molar-refractivity contribution in [2.75, 3.05) is 19.0 Å². The molecule has 28 heavy (non-hydrogen) atoms. The number of aromatic amines is 1. The average Bonchev–Trinajstić information content (AvgIpc) is 3.16. The molecule has 0 aliphatic carbocycles. The van der Waals surface area contributed by atoms with Gasteiger partial charge in [0.1, 0.15) is 6.61 Å². The van der Waals surface area contributed by atoms with E-state index in [1.807, 2.05) is 48.5 Å². The minimum atomic E-state index is -0.159. The second-order valence-corrected chi connectivity index (χ2v) is 6.43. The topological polar surface area (TPSA) is 76.2 Å². The summed E-state index contributed by atoms with van der Waals surface area (Å²) < 4.78 is 11.0. The second kappa shape index (κ2) is 7.49. The summed E-state index contributed by atoms with van der Waals surface area (Å²) in [5, 5.41) is 10.3. The maximum absolute atomic E-state index is 12.3. The van der Waals surface area contributed by atoms with Crippen LogP contribution in [0.15, 0.2) is 48.5 Å². The van der Waals surface area contributed by atoms with Crippen molar-refractivity contribution in [1.82, 2.24) is 10.2 Å². The van der Waals surface area contributed by atoms with E-state index in [0.29, 0.717) is 23.7 Å². The Morgan fingerprint density at radius 1 is 1.21 bits per heavy atom. The minimum absolute atomic E-state index is 0.0739. The molecule has 4 rings (SSSR count). The first kappa shape index (κ1) is 17.7. The Hall–Kier alpha value is -3.72. The molecule has 3 aromatic rings. The predicted octanol–water partition coefficient (Wildman–Crippen LogP) is 3.57. The zero-order valence-electron chi connectivity index (χ0n) is 15.4. The Morgan fingerprint density at radius 3 is 2.79 bits per heavy atom. The summed E-state index contributed by atoms with van der Waals surface area (Å²) in [5.74, 6) is 3.92. The van der Waals surface area contributed by atoms with E-state index in [4.69, 9.17) is 15.9 Å². The van der Waals surface area contributed by atoms with Gasteiger partial charge in [-0.1, -0.05) is 42.3 Å². The van der Waals surface area contributed by atoms with Gasteiger partial charge in [0.15, 0.2) is 17.3 Å². The molecular weight excluding hydrogens is 354 g/mol. The van der Waals surface area contributed by atoms with Crippen molar-refractivity contribution in [3.63, 3.8) is 0 Å². The van der Waals surface area contributed by atoms with Crippen LogP contribution in [0.1, 0.15) is 23.5 Å². The minimum Gasteiger partial charge on any atom is -0.493 e. The van der Waals surface area contributed by atoms with Gasteiger partial charge in [-0.3, -0.25) is 9.89 Å². The number of amides is 1. The van der Waals surface area contributed by atoms with Crippen molar-refractivity contribution in [2.24, 2.45) is 0 Å². The largest absolute Gasteiger partial charge is 0.493 e. The molecule has 140 valence electrons. The number of fused-ring (bicyclic) bond motifs is 1. The third-order valence-corrected chi connectivity index (χ3v) is 4.76. The first-order chi connectivity index (χ1) is 13.7. The molecular formula is C22H19N3O3. The van der Waals surface area contributed by atoms with E-state index < -0.39 is 0 Å². The summed E-state index contributed by atoms with van der Waals surface area (Å²) in [6.45, 7) is 0.158. The standard InChI is InChI=1S/C22H19N3O3/c1-3-11-28-17-10-9-15(12-18(17)27-2)16-13-19(26)23-22-20(16)21(24-25-22)14-7-5-4-6-8-14/h1,4-10,12,16H,11,13H2,2H3,(H2,23,24,25,26)/t16-/m1/s1. The highest BCUT2D eigenvalue weighted by atomic mass is 16.5. The van der Waals surface area contributed by atoms with Crippen molar-refractivity contribution in [2.45, 2.75) is 12.3 Å². The first-order valence-corrected chi connectivity index (χ1v) is 8.89. The van der Waals surface area contributed by atoms with Crippen LogP contribution in [0.4, 0.5) is 5.82 Å². The molecule has 0 bridgehead atoms. The average molecular weight is 373 g/mol. The normalized spacial score (nSPS) is 15.3. The Labute approximate surface area is 162 Å². The second-order valence-electron chi connectivity index (χ2n) is 6.43. The summed E-state index contributed by atoms with van der Waals surface area (Å²) in [5.41, 5.74) is 3.82. The first-order valence-electron chi connectivity index (χ1n) is 8.89. The van der Waals surface area contributed by atoms with Crippen LogP contribution in [0.3, 0.4) is 0 Å². The van der Waals surface area contributed by atoms with Crippen molar-refractivity contribution in [1.29, 1.82) is 0 Å². The highest BCUT2D eigenvalue weighted by Crippen LogP contribution is 2.43. The number of terminal acetylenes is 1. The lowest BCUT2D eigenvalue weighted by molar-refractivity contribution is -0.116. The lowest BCUT2D eigenvalue weighted by atomic mass is 9.84. The number of methoxy groups -OCH3 is 1. The van der Waals surface area contributed by atoms with E-state index in [1.165, 1.54) is 0 Å². The van der Waals surface area contributed by atoms with Crippen LogP contribution in [0, 0.1) is 12.3 Å². The molecule has 1 amide bonds. The number of carbonyl (C=O) groups excluding carboxylic acids is 1. The molecule has 1 atom stereocenters. The van der Waals surface area contributed by atoms with Crippen LogP contribution in [0.25, 0.3) is 11.3 Å². The number of hydrogen-bond donors (Lipinski definition) is 2. The molecule has 6 heteroatoms. The van der Waals surface area contributed by atoms with Crippen LogP contribution < -0.4 is 14.8 Å². The monoisotopic (exact) mass is 373 g/mol. The molecule has 1 aliphatic heterocycles. The Balaban J connectivity index is 1.79. The van der Waals surface area contributed by atoms with Gasteiger partial charge in [-0.05, 0) is 23.3 Å². The smallest absolute Gasteiger partial charge is 0.226 e. The maximum atomic E-state index is 12.3.